The van der Waals surface area contributed by atoms with Crippen molar-refractivity contribution in [3.63, 3.8) is 0 Å². The van der Waals surface area contributed by atoms with Crippen LogP contribution in [0.1, 0.15) is 33.6 Å². The van der Waals surface area contributed by atoms with Gasteiger partial charge in [0, 0.05) is 31.6 Å². The molecule has 0 radical (unpaired) electrons. The second kappa shape index (κ2) is 7.52. The van der Waals surface area contributed by atoms with Crippen molar-refractivity contribution in [3.8, 4) is 0 Å². The molecule has 0 bridgehead atoms. The lowest BCUT2D eigenvalue weighted by atomic mass is 9.76. The Bertz CT molecular complexity index is 807. The van der Waals surface area contributed by atoms with Gasteiger partial charge in [0.05, 0.1) is 5.52 Å². The minimum absolute atomic E-state index is 0.0293. The van der Waals surface area contributed by atoms with E-state index in [0.29, 0.717) is 37.3 Å². The summed E-state index contributed by atoms with van der Waals surface area (Å²) in [6, 6.07) is 5.36. The average molecular weight is 367 g/mol. The molecule has 1 aromatic carbocycles. The summed E-state index contributed by atoms with van der Waals surface area (Å²) in [5.41, 5.74) is 1.88. The molecule has 1 aliphatic rings. The fourth-order valence-electron chi connectivity index (χ4n) is 3.10. The van der Waals surface area contributed by atoms with E-state index >= 15 is 0 Å². The predicted octanol–water partition coefficient (Wildman–Crippen LogP) is 3.04. The summed E-state index contributed by atoms with van der Waals surface area (Å²) in [6.45, 7) is 7.49. The van der Waals surface area contributed by atoms with E-state index in [1.165, 1.54) is 4.57 Å². The van der Waals surface area contributed by atoms with Gasteiger partial charge in [0.25, 0.3) is 0 Å². The van der Waals surface area contributed by atoms with Crippen LogP contribution < -0.4 is 11.2 Å². The van der Waals surface area contributed by atoms with Crippen LogP contribution in [0.4, 0.5) is 8.78 Å². The van der Waals surface area contributed by atoms with Crippen molar-refractivity contribution < 1.29 is 22.5 Å². The molecule has 0 amide bonds. The van der Waals surface area contributed by atoms with Crippen LogP contribution in [-0.4, -0.2) is 31.3 Å². The van der Waals surface area contributed by atoms with Crippen LogP contribution in [0.5, 0.6) is 0 Å². The fraction of sp³-hybridized carbons (Fsp3) is 0.611. The number of alkyl halides is 2. The number of hydrogen-bond donors (Lipinski definition) is 0. The van der Waals surface area contributed by atoms with Crippen LogP contribution in [-0.2, 0) is 15.9 Å². The summed E-state index contributed by atoms with van der Waals surface area (Å²) >= 11 is 0. The number of fused-ring (bicyclic) bond motifs is 1. The number of rotatable bonds is 6. The Kier molecular flexibility index (Phi) is 5.53. The molecule has 0 saturated carbocycles. The first kappa shape index (κ1) is 19.1. The van der Waals surface area contributed by atoms with Crippen molar-refractivity contribution >= 4 is 23.7 Å². The molecular weight excluding hydrogens is 343 g/mol. The zero-order chi connectivity index (χ0) is 18.9. The van der Waals surface area contributed by atoms with Gasteiger partial charge in [0.1, 0.15) is 0 Å². The molecule has 1 saturated heterocycles. The van der Waals surface area contributed by atoms with Crippen LogP contribution in [0.3, 0.4) is 0 Å². The Morgan fingerprint density at radius 1 is 1.23 bits per heavy atom. The molecule has 3 rings (SSSR count). The van der Waals surface area contributed by atoms with Gasteiger partial charge in [-0.1, -0.05) is 26.8 Å². The molecule has 8 heteroatoms. The fourth-order valence-corrected chi connectivity index (χ4v) is 3.10. The molecule has 1 unspecified atom stereocenters. The lowest BCUT2D eigenvalue weighted by Gasteiger charge is -2.33. The minimum atomic E-state index is -2.33. The lowest BCUT2D eigenvalue weighted by molar-refractivity contribution is 0.0343. The van der Waals surface area contributed by atoms with Gasteiger partial charge < -0.3 is 13.7 Å². The van der Waals surface area contributed by atoms with Crippen molar-refractivity contribution in [3.05, 3.63) is 28.7 Å². The average Bonchev–Trinajstić information content (AvgIpc) is 2.88. The molecule has 142 valence electrons. The summed E-state index contributed by atoms with van der Waals surface area (Å²) in [5, 5.41) is 0. The highest BCUT2D eigenvalue weighted by molar-refractivity contribution is 6.61. The standard InChI is InChI=1S/C18H24BF2NO4/c1-12(4-7-16(20)21)9-22-14-8-13(5-6-15(14)26-17(22)23)19-24-10-18(2,3)11-25-19/h5-6,8,12,16H,4,7,9-11H2,1-3H3. The quantitative estimate of drug-likeness (QED) is 0.737. The maximum atomic E-state index is 12.4. The second-order valence-corrected chi connectivity index (χ2v) is 7.90. The summed E-state index contributed by atoms with van der Waals surface area (Å²) in [7, 11) is -0.484. The first-order chi connectivity index (χ1) is 12.2. The van der Waals surface area contributed by atoms with E-state index in [-0.39, 0.29) is 17.8 Å². The van der Waals surface area contributed by atoms with E-state index in [0.717, 1.165) is 5.46 Å². The number of hydrogen-bond acceptors (Lipinski definition) is 4. The Morgan fingerprint density at radius 3 is 2.58 bits per heavy atom. The first-order valence-electron chi connectivity index (χ1n) is 8.90. The molecule has 26 heavy (non-hydrogen) atoms. The molecule has 0 spiro atoms. The van der Waals surface area contributed by atoms with E-state index < -0.39 is 19.3 Å². The third-order valence-corrected chi connectivity index (χ3v) is 4.59. The Morgan fingerprint density at radius 2 is 1.92 bits per heavy atom. The number of halogens is 2. The molecule has 5 nitrogen and oxygen atoms in total. The van der Waals surface area contributed by atoms with E-state index in [4.69, 9.17) is 13.7 Å². The van der Waals surface area contributed by atoms with Crippen molar-refractivity contribution in [2.45, 2.75) is 46.6 Å². The minimum Gasteiger partial charge on any atom is -0.408 e. The molecular formula is C18H24BF2NO4. The van der Waals surface area contributed by atoms with E-state index in [1.54, 1.807) is 6.07 Å². The van der Waals surface area contributed by atoms with Gasteiger partial charge in [0.2, 0.25) is 6.43 Å². The predicted molar refractivity (Wildman–Crippen MR) is 95.9 cm³/mol. The summed E-state index contributed by atoms with van der Waals surface area (Å²) < 4.78 is 43.2. The second-order valence-electron chi connectivity index (χ2n) is 7.90. The topological polar surface area (TPSA) is 53.6 Å². The van der Waals surface area contributed by atoms with Gasteiger partial charge in [-0.25, -0.2) is 13.6 Å². The molecule has 0 aliphatic carbocycles. The SMILES string of the molecule is CC(CCC(F)F)Cn1c(=O)oc2ccc(B3OCC(C)(C)CO3)cc21. The maximum Gasteiger partial charge on any atom is 0.493 e. The molecule has 1 atom stereocenters. The number of oxazole rings is 1. The zero-order valence-corrected chi connectivity index (χ0v) is 15.3. The first-order valence-corrected chi connectivity index (χ1v) is 8.90. The molecule has 2 heterocycles. The smallest absolute Gasteiger partial charge is 0.408 e. The molecule has 1 fully saturated rings. The van der Waals surface area contributed by atoms with Crippen molar-refractivity contribution in [1.29, 1.82) is 0 Å². The van der Waals surface area contributed by atoms with Gasteiger partial charge in [-0.3, -0.25) is 4.57 Å². The monoisotopic (exact) mass is 367 g/mol. The Hall–Kier alpha value is -1.67. The van der Waals surface area contributed by atoms with E-state index in [1.807, 2.05) is 19.1 Å². The van der Waals surface area contributed by atoms with E-state index in [2.05, 4.69) is 13.8 Å². The molecule has 0 N–H and O–H groups in total. The van der Waals surface area contributed by atoms with Gasteiger partial charge in [-0.05, 0) is 29.9 Å². The maximum absolute atomic E-state index is 12.4. The van der Waals surface area contributed by atoms with Gasteiger partial charge in [-0.15, -0.1) is 0 Å². The highest BCUT2D eigenvalue weighted by atomic mass is 19.3. The lowest BCUT2D eigenvalue weighted by Crippen LogP contribution is -2.47. The highest BCUT2D eigenvalue weighted by Crippen LogP contribution is 2.22. The molecule has 1 aromatic heterocycles. The highest BCUT2D eigenvalue weighted by Gasteiger charge is 2.33. The van der Waals surface area contributed by atoms with Gasteiger partial charge in [0.15, 0.2) is 5.58 Å². The third-order valence-electron chi connectivity index (χ3n) is 4.59. The van der Waals surface area contributed by atoms with Crippen LogP contribution in [0.25, 0.3) is 11.1 Å². The van der Waals surface area contributed by atoms with Crippen molar-refractivity contribution in [1.82, 2.24) is 4.57 Å². The van der Waals surface area contributed by atoms with Gasteiger partial charge >= 0.3 is 12.9 Å². The van der Waals surface area contributed by atoms with Crippen LogP contribution in [0.15, 0.2) is 27.4 Å². The third kappa shape index (κ3) is 4.35. The van der Waals surface area contributed by atoms with Gasteiger partial charge in [-0.2, -0.15) is 0 Å². The number of aromatic nitrogens is 1. The van der Waals surface area contributed by atoms with Crippen LogP contribution >= 0.6 is 0 Å². The Labute approximate surface area is 151 Å². The van der Waals surface area contributed by atoms with Crippen molar-refractivity contribution in [2.75, 3.05) is 13.2 Å². The van der Waals surface area contributed by atoms with Crippen LogP contribution in [0, 0.1) is 11.3 Å². The summed E-state index contributed by atoms with van der Waals surface area (Å²) in [5.74, 6) is -0.540. The largest absolute Gasteiger partial charge is 0.493 e. The van der Waals surface area contributed by atoms with Crippen molar-refractivity contribution in [2.24, 2.45) is 11.3 Å². The number of nitrogens with zero attached hydrogens (tertiary/aromatic N) is 1. The zero-order valence-electron chi connectivity index (χ0n) is 15.3. The Balaban J connectivity index is 1.81. The summed E-state index contributed by atoms with van der Waals surface area (Å²) in [4.78, 5) is 12.2. The van der Waals surface area contributed by atoms with E-state index in [9.17, 15) is 13.6 Å². The number of benzene rings is 1. The molecule has 2 aromatic rings. The molecule has 1 aliphatic heterocycles. The van der Waals surface area contributed by atoms with Crippen LogP contribution in [0.2, 0.25) is 0 Å². The normalized spacial score (nSPS) is 18.6. The summed E-state index contributed by atoms with van der Waals surface area (Å²) in [6.07, 6.45) is -2.15.